The molecule has 0 aliphatic heterocycles. The Hall–Kier alpha value is -3.53. The minimum absolute atomic E-state index is 0.260. The third kappa shape index (κ3) is 4.15. The van der Waals surface area contributed by atoms with Gasteiger partial charge >= 0.3 is 0 Å². The van der Waals surface area contributed by atoms with E-state index in [0.29, 0.717) is 28.2 Å². The van der Waals surface area contributed by atoms with E-state index in [-0.39, 0.29) is 11.6 Å². The van der Waals surface area contributed by atoms with Gasteiger partial charge in [-0.1, -0.05) is 62.1 Å². The molecule has 2 aromatic heterocycles. The molecule has 2 aliphatic carbocycles. The highest BCUT2D eigenvalue weighted by atomic mass is 19.1. The average Bonchev–Trinajstić information content (AvgIpc) is 3.33. The lowest BCUT2D eigenvalue weighted by atomic mass is 9.66. The van der Waals surface area contributed by atoms with Gasteiger partial charge in [0, 0.05) is 22.4 Å². The van der Waals surface area contributed by atoms with Crippen molar-refractivity contribution in [3.63, 3.8) is 0 Å². The SMILES string of the molecule is Cc1c[n+](C)c(-c2c(C)ccc3c2oc2c(-c4ccc(C5CCC6CCCCC6C5)cc4)c(F)ccc23)cc1F. The summed E-state index contributed by atoms with van der Waals surface area (Å²) >= 11 is 0. The Balaban J connectivity index is 1.32. The molecule has 0 saturated heterocycles. The van der Waals surface area contributed by atoms with E-state index < -0.39 is 0 Å². The monoisotopic (exact) mass is 536 g/mol. The fourth-order valence-electron chi connectivity index (χ4n) is 7.67. The summed E-state index contributed by atoms with van der Waals surface area (Å²) in [5.41, 5.74) is 6.98. The van der Waals surface area contributed by atoms with E-state index in [1.165, 1.54) is 56.6 Å². The fraction of sp³-hybridized carbons (Fsp3) is 0.361. The molecular weight excluding hydrogens is 500 g/mol. The van der Waals surface area contributed by atoms with Gasteiger partial charge in [0.1, 0.15) is 29.8 Å². The number of aryl methyl sites for hydroxylation is 3. The van der Waals surface area contributed by atoms with Gasteiger partial charge in [0.25, 0.3) is 0 Å². The number of benzene rings is 3. The van der Waals surface area contributed by atoms with Crippen molar-refractivity contribution in [1.29, 1.82) is 0 Å². The molecule has 204 valence electrons. The molecule has 3 unspecified atom stereocenters. The molecule has 2 aliphatic rings. The minimum atomic E-state index is -0.299. The standard InChI is InChI=1S/C36H36F2NO/c1-21-8-15-28-29-16-17-30(37)34(36(29)40-35(28)33(21)32-19-31(38)22(2)20-39(32)3)25-12-9-24(10-13-25)27-14-11-23-6-4-5-7-26(23)18-27/h8-10,12-13,15-17,19-20,23,26-27H,4-7,11,14,18H2,1-3H3/q+1. The first-order valence-corrected chi connectivity index (χ1v) is 14.8. The number of fused-ring (bicyclic) bond motifs is 4. The van der Waals surface area contributed by atoms with Crippen LogP contribution in [0.3, 0.4) is 0 Å². The van der Waals surface area contributed by atoms with Gasteiger partial charge in [-0.25, -0.2) is 13.3 Å². The summed E-state index contributed by atoms with van der Waals surface area (Å²) in [6.07, 6.45) is 11.3. The van der Waals surface area contributed by atoms with Gasteiger partial charge in [-0.3, -0.25) is 0 Å². The molecule has 2 heterocycles. The lowest BCUT2D eigenvalue weighted by Gasteiger charge is -2.39. The maximum atomic E-state index is 15.5. The Morgan fingerprint density at radius 3 is 2.20 bits per heavy atom. The van der Waals surface area contributed by atoms with E-state index in [2.05, 4.69) is 24.3 Å². The first-order valence-electron chi connectivity index (χ1n) is 14.8. The number of nitrogens with zero attached hydrogens (tertiary/aromatic N) is 1. The second kappa shape index (κ2) is 9.83. The molecule has 2 saturated carbocycles. The first-order chi connectivity index (χ1) is 19.4. The molecule has 4 heteroatoms. The summed E-state index contributed by atoms with van der Waals surface area (Å²) in [5.74, 6) is 1.84. The van der Waals surface area contributed by atoms with Gasteiger partial charge in [0.15, 0.2) is 6.20 Å². The topological polar surface area (TPSA) is 17.0 Å². The maximum absolute atomic E-state index is 15.5. The second-order valence-corrected chi connectivity index (χ2v) is 12.3. The molecule has 3 aromatic carbocycles. The van der Waals surface area contributed by atoms with Gasteiger partial charge < -0.3 is 4.42 Å². The lowest BCUT2D eigenvalue weighted by molar-refractivity contribution is -0.661. The van der Waals surface area contributed by atoms with Crippen molar-refractivity contribution in [2.75, 3.05) is 0 Å². The lowest BCUT2D eigenvalue weighted by Crippen LogP contribution is -2.31. The van der Waals surface area contributed by atoms with Crippen LogP contribution in [0.4, 0.5) is 8.78 Å². The normalized spacial score (nSPS) is 21.2. The summed E-state index contributed by atoms with van der Waals surface area (Å²) in [6, 6.07) is 17.5. The molecule has 0 bridgehead atoms. The molecule has 3 atom stereocenters. The van der Waals surface area contributed by atoms with Crippen LogP contribution in [0.15, 0.2) is 65.2 Å². The summed E-state index contributed by atoms with van der Waals surface area (Å²) in [4.78, 5) is 0. The van der Waals surface area contributed by atoms with Crippen LogP contribution in [0.25, 0.3) is 44.3 Å². The molecule has 2 nitrogen and oxygen atoms in total. The number of hydrogen-bond acceptors (Lipinski definition) is 1. The third-order valence-corrected chi connectivity index (χ3v) is 9.84. The number of aromatic nitrogens is 1. The molecule has 0 radical (unpaired) electrons. The van der Waals surface area contributed by atoms with Crippen molar-refractivity contribution < 1.29 is 17.8 Å². The molecule has 2 fully saturated rings. The highest BCUT2D eigenvalue weighted by molar-refractivity contribution is 6.13. The van der Waals surface area contributed by atoms with Crippen molar-refractivity contribution in [1.82, 2.24) is 0 Å². The van der Waals surface area contributed by atoms with E-state index in [1.807, 2.05) is 30.7 Å². The quantitative estimate of drug-likeness (QED) is 0.210. The number of furan rings is 1. The zero-order chi connectivity index (χ0) is 27.5. The molecule has 0 N–H and O–H groups in total. The summed E-state index contributed by atoms with van der Waals surface area (Å²) in [5, 5.41) is 1.77. The highest BCUT2D eigenvalue weighted by Crippen LogP contribution is 2.47. The minimum Gasteiger partial charge on any atom is -0.454 e. The van der Waals surface area contributed by atoms with Crippen LogP contribution in [-0.4, -0.2) is 0 Å². The van der Waals surface area contributed by atoms with Crippen LogP contribution >= 0.6 is 0 Å². The van der Waals surface area contributed by atoms with Crippen LogP contribution in [0, 0.1) is 37.3 Å². The largest absolute Gasteiger partial charge is 0.454 e. The van der Waals surface area contributed by atoms with E-state index in [4.69, 9.17) is 4.42 Å². The second-order valence-electron chi connectivity index (χ2n) is 12.3. The average molecular weight is 537 g/mol. The summed E-state index contributed by atoms with van der Waals surface area (Å²) in [7, 11) is 1.91. The predicted molar refractivity (Wildman–Crippen MR) is 157 cm³/mol. The van der Waals surface area contributed by atoms with Gasteiger partial charge in [0.05, 0.1) is 11.1 Å². The van der Waals surface area contributed by atoms with Gasteiger partial charge in [-0.15, -0.1) is 0 Å². The molecule has 5 aromatic rings. The van der Waals surface area contributed by atoms with Crippen molar-refractivity contribution in [3.8, 4) is 22.4 Å². The summed E-state index contributed by atoms with van der Waals surface area (Å²) < 4.78 is 38.7. The van der Waals surface area contributed by atoms with Crippen molar-refractivity contribution >= 4 is 21.9 Å². The number of hydrogen-bond donors (Lipinski definition) is 0. The molecule has 0 amide bonds. The number of rotatable bonds is 3. The summed E-state index contributed by atoms with van der Waals surface area (Å²) in [6.45, 7) is 3.76. The van der Waals surface area contributed by atoms with E-state index in [9.17, 15) is 4.39 Å². The molecule has 0 spiro atoms. The zero-order valence-corrected chi connectivity index (χ0v) is 23.6. The Kier molecular flexibility index (Phi) is 6.25. The van der Waals surface area contributed by atoms with Gasteiger partial charge in [0.2, 0.25) is 5.69 Å². The van der Waals surface area contributed by atoms with Crippen molar-refractivity contribution in [3.05, 3.63) is 89.1 Å². The van der Waals surface area contributed by atoms with Crippen LogP contribution in [0.2, 0.25) is 0 Å². The van der Waals surface area contributed by atoms with Gasteiger partial charge in [-0.05, 0) is 79.7 Å². The van der Waals surface area contributed by atoms with Crippen molar-refractivity contribution in [2.24, 2.45) is 18.9 Å². The molecular formula is C36H36F2NO+. The fourth-order valence-corrected chi connectivity index (χ4v) is 7.67. The smallest absolute Gasteiger partial charge is 0.219 e. The Morgan fingerprint density at radius 2 is 1.43 bits per heavy atom. The van der Waals surface area contributed by atoms with E-state index in [0.717, 1.165) is 45.0 Å². The molecule has 7 rings (SSSR count). The van der Waals surface area contributed by atoms with Crippen molar-refractivity contribution in [2.45, 2.75) is 64.7 Å². The first kappa shape index (κ1) is 25.4. The third-order valence-electron chi connectivity index (χ3n) is 9.84. The number of halogens is 2. The van der Waals surface area contributed by atoms with Gasteiger partial charge in [-0.2, -0.15) is 0 Å². The van der Waals surface area contributed by atoms with Crippen LogP contribution in [-0.2, 0) is 7.05 Å². The zero-order valence-electron chi connectivity index (χ0n) is 23.6. The van der Waals surface area contributed by atoms with Crippen LogP contribution in [0.1, 0.15) is 67.6 Å². The predicted octanol–water partition coefficient (Wildman–Crippen LogP) is 9.71. The molecule has 40 heavy (non-hydrogen) atoms. The highest BCUT2D eigenvalue weighted by Gasteiger charge is 2.33. The van der Waals surface area contributed by atoms with Crippen LogP contribution in [0.5, 0.6) is 0 Å². The Bertz CT molecular complexity index is 1750. The Morgan fingerprint density at radius 1 is 0.725 bits per heavy atom. The van der Waals surface area contributed by atoms with Crippen LogP contribution < -0.4 is 4.57 Å². The van der Waals surface area contributed by atoms with E-state index in [1.54, 1.807) is 25.3 Å². The Labute approximate surface area is 234 Å². The number of pyridine rings is 1. The maximum Gasteiger partial charge on any atom is 0.219 e. The van der Waals surface area contributed by atoms with E-state index >= 15 is 4.39 Å².